The maximum atomic E-state index is 3.40. The topological polar surface area (TPSA) is 0 Å². The van der Waals surface area contributed by atoms with Crippen molar-refractivity contribution in [2.75, 3.05) is 0 Å². The van der Waals surface area contributed by atoms with Crippen molar-refractivity contribution in [3.05, 3.63) is 23.8 Å². The Morgan fingerprint density at radius 2 is 2.00 bits per heavy atom. The van der Waals surface area contributed by atoms with E-state index >= 15 is 0 Å². The lowest BCUT2D eigenvalue weighted by molar-refractivity contribution is 0.514. The SMILES string of the molecule is CC1[C]=C(C(C)(C)C)C=C1. The van der Waals surface area contributed by atoms with Crippen LogP contribution >= 0.6 is 0 Å². The molecule has 1 aliphatic rings. The predicted octanol–water partition coefficient (Wildman–Crippen LogP) is 2.97. The Hall–Kier alpha value is -0.520. The summed E-state index contributed by atoms with van der Waals surface area (Å²) in [5, 5.41) is 0. The summed E-state index contributed by atoms with van der Waals surface area (Å²) < 4.78 is 0. The van der Waals surface area contributed by atoms with E-state index in [1.54, 1.807) is 0 Å². The minimum atomic E-state index is 0.279. The average Bonchev–Trinajstić information content (AvgIpc) is 2.11. The summed E-state index contributed by atoms with van der Waals surface area (Å²) >= 11 is 0. The molecule has 0 bridgehead atoms. The second-order valence-electron chi connectivity index (χ2n) is 3.96. The normalized spacial score (nSPS) is 25.2. The predicted molar refractivity (Wildman–Crippen MR) is 44.5 cm³/mol. The van der Waals surface area contributed by atoms with Gasteiger partial charge >= 0.3 is 0 Å². The molecule has 0 heterocycles. The van der Waals surface area contributed by atoms with Crippen LogP contribution in [-0.2, 0) is 0 Å². The molecule has 0 aromatic heterocycles. The third kappa shape index (κ3) is 1.50. The molecule has 0 amide bonds. The first-order chi connectivity index (χ1) is 4.50. The van der Waals surface area contributed by atoms with E-state index in [2.05, 4.69) is 45.9 Å². The van der Waals surface area contributed by atoms with E-state index in [1.165, 1.54) is 5.57 Å². The van der Waals surface area contributed by atoms with Gasteiger partial charge in [-0.05, 0) is 23.0 Å². The molecule has 0 nitrogen and oxygen atoms in total. The highest BCUT2D eigenvalue weighted by Crippen LogP contribution is 2.30. The quantitative estimate of drug-likeness (QED) is 0.479. The highest BCUT2D eigenvalue weighted by Gasteiger charge is 2.18. The van der Waals surface area contributed by atoms with Gasteiger partial charge in [0.1, 0.15) is 0 Å². The Morgan fingerprint density at radius 1 is 1.40 bits per heavy atom. The summed E-state index contributed by atoms with van der Waals surface area (Å²) in [7, 11) is 0. The van der Waals surface area contributed by atoms with Gasteiger partial charge in [0.15, 0.2) is 0 Å². The molecule has 0 aromatic rings. The van der Waals surface area contributed by atoms with Crippen LogP contribution in [0.2, 0.25) is 0 Å². The fourth-order valence-corrected chi connectivity index (χ4v) is 1.05. The fraction of sp³-hybridized carbons (Fsp3) is 0.600. The minimum absolute atomic E-state index is 0.279. The Morgan fingerprint density at radius 3 is 2.20 bits per heavy atom. The van der Waals surface area contributed by atoms with Gasteiger partial charge in [0.05, 0.1) is 0 Å². The van der Waals surface area contributed by atoms with E-state index < -0.39 is 0 Å². The molecule has 0 aromatic carbocycles. The second-order valence-corrected chi connectivity index (χ2v) is 3.96. The van der Waals surface area contributed by atoms with Gasteiger partial charge in [-0.3, -0.25) is 0 Å². The highest BCUT2D eigenvalue weighted by molar-refractivity contribution is 5.29. The molecular formula is C10H15. The number of allylic oxidation sites excluding steroid dienone is 4. The van der Waals surface area contributed by atoms with Crippen molar-refractivity contribution < 1.29 is 0 Å². The molecule has 0 spiro atoms. The van der Waals surface area contributed by atoms with Crippen LogP contribution in [0.5, 0.6) is 0 Å². The van der Waals surface area contributed by atoms with E-state index in [1.807, 2.05) is 0 Å². The van der Waals surface area contributed by atoms with Crippen molar-refractivity contribution in [1.82, 2.24) is 0 Å². The van der Waals surface area contributed by atoms with Crippen LogP contribution in [0.4, 0.5) is 0 Å². The van der Waals surface area contributed by atoms with Crippen LogP contribution in [-0.4, -0.2) is 0 Å². The van der Waals surface area contributed by atoms with Crippen molar-refractivity contribution in [3.8, 4) is 0 Å². The molecule has 0 saturated carbocycles. The molecule has 1 atom stereocenters. The van der Waals surface area contributed by atoms with Crippen LogP contribution in [0, 0.1) is 17.4 Å². The van der Waals surface area contributed by atoms with E-state index in [9.17, 15) is 0 Å². The number of rotatable bonds is 0. The third-order valence-electron chi connectivity index (χ3n) is 1.74. The molecule has 0 N–H and O–H groups in total. The smallest absolute Gasteiger partial charge is 0.000122 e. The lowest BCUT2D eigenvalue weighted by Gasteiger charge is -2.17. The van der Waals surface area contributed by atoms with Crippen molar-refractivity contribution in [2.45, 2.75) is 27.7 Å². The van der Waals surface area contributed by atoms with E-state index in [0.717, 1.165) is 0 Å². The highest BCUT2D eigenvalue weighted by atomic mass is 14.2. The molecule has 55 valence electrons. The first-order valence-electron chi connectivity index (χ1n) is 3.82. The standard InChI is InChI=1S/C10H15/c1-8-5-6-9(7-8)10(2,3)4/h5-6,8H,1-4H3. The molecule has 1 rings (SSSR count). The van der Waals surface area contributed by atoms with Gasteiger partial charge in [0, 0.05) is 0 Å². The van der Waals surface area contributed by atoms with Gasteiger partial charge in [-0.2, -0.15) is 0 Å². The summed E-state index contributed by atoms with van der Waals surface area (Å²) in [5.74, 6) is 0.522. The zero-order valence-corrected chi connectivity index (χ0v) is 7.23. The van der Waals surface area contributed by atoms with Crippen molar-refractivity contribution in [3.63, 3.8) is 0 Å². The number of hydrogen-bond acceptors (Lipinski definition) is 0. The van der Waals surface area contributed by atoms with Gasteiger partial charge in [-0.1, -0.05) is 39.8 Å². The van der Waals surface area contributed by atoms with E-state index in [-0.39, 0.29) is 5.41 Å². The van der Waals surface area contributed by atoms with Crippen molar-refractivity contribution in [1.29, 1.82) is 0 Å². The first kappa shape index (κ1) is 7.59. The lowest BCUT2D eigenvalue weighted by atomic mass is 9.87. The zero-order valence-electron chi connectivity index (χ0n) is 7.23. The van der Waals surface area contributed by atoms with E-state index in [4.69, 9.17) is 0 Å². The van der Waals surface area contributed by atoms with Gasteiger partial charge in [0.25, 0.3) is 0 Å². The molecule has 1 aliphatic carbocycles. The monoisotopic (exact) mass is 135 g/mol. The summed E-state index contributed by atoms with van der Waals surface area (Å²) in [4.78, 5) is 0. The van der Waals surface area contributed by atoms with Gasteiger partial charge < -0.3 is 0 Å². The number of hydrogen-bond donors (Lipinski definition) is 0. The summed E-state index contributed by atoms with van der Waals surface area (Å²) in [6, 6.07) is 0. The first-order valence-corrected chi connectivity index (χ1v) is 3.82. The maximum Gasteiger partial charge on any atom is -0.000122 e. The molecule has 1 radical (unpaired) electrons. The van der Waals surface area contributed by atoms with Crippen LogP contribution in [0.3, 0.4) is 0 Å². The second kappa shape index (κ2) is 2.26. The Bertz CT molecular complexity index is 177. The van der Waals surface area contributed by atoms with Gasteiger partial charge in [-0.15, -0.1) is 0 Å². The average molecular weight is 135 g/mol. The summed E-state index contributed by atoms with van der Waals surface area (Å²) in [5.41, 5.74) is 1.63. The van der Waals surface area contributed by atoms with Crippen LogP contribution in [0.25, 0.3) is 0 Å². The van der Waals surface area contributed by atoms with Crippen molar-refractivity contribution >= 4 is 0 Å². The van der Waals surface area contributed by atoms with Crippen LogP contribution in [0.15, 0.2) is 17.7 Å². The Labute approximate surface area is 63.6 Å². The molecule has 0 heteroatoms. The third-order valence-corrected chi connectivity index (χ3v) is 1.74. The summed E-state index contributed by atoms with van der Waals surface area (Å²) in [6.45, 7) is 8.82. The molecule has 0 saturated heterocycles. The Balaban J connectivity index is 2.78. The lowest BCUT2D eigenvalue weighted by Crippen LogP contribution is -2.06. The van der Waals surface area contributed by atoms with Crippen LogP contribution in [0.1, 0.15) is 27.7 Å². The van der Waals surface area contributed by atoms with Gasteiger partial charge in [-0.25, -0.2) is 0 Å². The van der Waals surface area contributed by atoms with Gasteiger partial charge in [0.2, 0.25) is 0 Å². The molecular weight excluding hydrogens is 120 g/mol. The van der Waals surface area contributed by atoms with Crippen LogP contribution < -0.4 is 0 Å². The molecule has 0 fully saturated rings. The molecule has 0 aliphatic heterocycles. The largest absolute Gasteiger partial charge is 0.0770 e. The molecule has 1 unspecified atom stereocenters. The molecule has 10 heavy (non-hydrogen) atoms. The Kier molecular flexibility index (Phi) is 1.72. The fourth-order valence-electron chi connectivity index (χ4n) is 1.05. The maximum absolute atomic E-state index is 3.40. The summed E-state index contributed by atoms with van der Waals surface area (Å²) in [6.07, 6.45) is 7.78. The van der Waals surface area contributed by atoms with Crippen molar-refractivity contribution in [2.24, 2.45) is 11.3 Å². The zero-order chi connectivity index (χ0) is 7.78. The van der Waals surface area contributed by atoms with E-state index in [0.29, 0.717) is 5.92 Å². The minimum Gasteiger partial charge on any atom is -0.0770 e.